The van der Waals surface area contributed by atoms with Crippen LogP contribution < -0.4 is 16.2 Å². The lowest BCUT2D eigenvalue weighted by Crippen LogP contribution is -2.21. The van der Waals surface area contributed by atoms with Gasteiger partial charge in [-0.1, -0.05) is 6.07 Å². The van der Waals surface area contributed by atoms with Gasteiger partial charge in [-0.05, 0) is 30.7 Å². The molecule has 18 heavy (non-hydrogen) atoms. The highest BCUT2D eigenvalue weighted by molar-refractivity contribution is 5.79. The topological polar surface area (TPSA) is 86.5 Å². The number of pyridine rings is 1. The van der Waals surface area contributed by atoms with E-state index in [9.17, 15) is 0 Å². The highest BCUT2D eigenvalue weighted by Gasteiger charge is 2.00. The van der Waals surface area contributed by atoms with E-state index >= 15 is 0 Å². The lowest BCUT2D eigenvalue weighted by atomic mass is 10.3. The van der Waals surface area contributed by atoms with Gasteiger partial charge in [-0.15, -0.1) is 0 Å². The number of rotatable bonds is 3. The second-order valence-electron chi connectivity index (χ2n) is 3.81. The third-order valence-corrected chi connectivity index (χ3v) is 2.19. The predicted octanol–water partition coefficient (Wildman–Crippen LogP) is 2.09. The molecule has 1 aromatic carbocycles. The first-order chi connectivity index (χ1) is 8.63. The molecule has 5 heteroatoms. The monoisotopic (exact) mass is 242 g/mol. The van der Waals surface area contributed by atoms with Gasteiger partial charge in [0.05, 0.1) is 5.69 Å². The van der Waals surface area contributed by atoms with Gasteiger partial charge in [0.25, 0.3) is 0 Å². The Labute approximate surface area is 105 Å². The minimum absolute atomic E-state index is 0.0147. The van der Waals surface area contributed by atoms with E-state index in [1.54, 1.807) is 18.3 Å². The molecule has 0 saturated carbocycles. The van der Waals surface area contributed by atoms with Crippen LogP contribution >= 0.6 is 0 Å². The van der Waals surface area contributed by atoms with E-state index in [1.165, 1.54) is 0 Å². The molecule has 92 valence electrons. The Balaban J connectivity index is 2.22. The summed E-state index contributed by atoms with van der Waals surface area (Å²) in [7, 11) is 0. The first-order valence-corrected chi connectivity index (χ1v) is 5.44. The number of nitrogens with two attached hydrogens (primary N) is 2. The van der Waals surface area contributed by atoms with E-state index in [0.29, 0.717) is 17.3 Å². The SMILES string of the molecule is Cc1ccnc(Oc2cccc(N=C(N)N)c2)c1. The summed E-state index contributed by atoms with van der Waals surface area (Å²) in [6, 6.07) is 10.9. The Morgan fingerprint density at radius 2 is 2.06 bits per heavy atom. The molecule has 2 rings (SSSR count). The van der Waals surface area contributed by atoms with Crippen LogP contribution in [0.4, 0.5) is 5.69 Å². The number of guanidine groups is 1. The number of aromatic nitrogens is 1. The fourth-order valence-electron chi connectivity index (χ4n) is 1.45. The Hall–Kier alpha value is -2.56. The summed E-state index contributed by atoms with van der Waals surface area (Å²) in [6.07, 6.45) is 1.70. The lowest BCUT2D eigenvalue weighted by molar-refractivity contribution is 0.462. The molecule has 0 unspecified atom stereocenters. The van der Waals surface area contributed by atoms with E-state index < -0.39 is 0 Å². The summed E-state index contributed by atoms with van der Waals surface area (Å²) in [6.45, 7) is 1.98. The van der Waals surface area contributed by atoms with Crippen LogP contribution in [-0.2, 0) is 0 Å². The van der Waals surface area contributed by atoms with Crippen molar-refractivity contribution in [3.63, 3.8) is 0 Å². The Bertz CT molecular complexity index is 577. The third-order valence-electron chi connectivity index (χ3n) is 2.19. The second-order valence-corrected chi connectivity index (χ2v) is 3.81. The number of aliphatic imine (C=N–C) groups is 1. The molecule has 0 bridgehead atoms. The average Bonchev–Trinajstić information content (AvgIpc) is 2.28. The van der Waals surface area contributed by atoms with Crippen molar-refractivity contribution < 1.29 is 4.74 Å². The maximum atomic E-state index is 5.62. The van der Waals surface area contributed by atoms with Crippen molar-refractivity contribution >= 4 is 11.6 Å². The van der Waals surface area contributed by atoms with E-state index in [-0.39, 0.29) is 5.96 Å². The first-order valence-electron chi connectivity index (χ1n) is 5.44. The van der Waals surface area contributed by atoms with Crippen molar-refractivity contribution in [3.05, 3.63) is 48.2 Å². The van der Waals surface area contributed by atoms with Crippen molar-refractivity contribution in [2.24, 2.45) is 16.5 Å². The average molecular weight is 242 g/mol. The quantitative estimate of drug-likeness (QED) is 0.637. The summed E-state index contributed by atoms with van der Waals surface area (Å²) in [4.78, 5) is 8.07. The molecular formula is C13H14N4O. The minimum Gasteiger partial charge on any atom is -0.439 e. The van der Waals surface area contributed by atoms with Gasteiger partial charge < -0.3 is 16.2 Å². The molecule has 0 aliphatic carbocycles. The first kappa shape index (κ1) is 11.9. The van der Waals surface area contributed by atoms with Crippen LogP contribution in [-0.4, -0.2) is 10.9 Å². The molecule has 1 heterocycles. The van der Waals surface area contributed by atoms with Gasteiger partial charge in [0.2, 0.25) is 5.88 Å². The normalized spacial score (nSPS) is 9.83. The molecule has 0 saturated heterocycles. The van der Waals surface area contributed by atoms with Gasteiger partial charge in [-0.3, -0.25) is 0 Å². The molecule has 2 aromatic rings. The van der Waals surface area contributed by atoms with Crippen LogP contribution in [0.15, 0.2) is 47.6 Å². The maximum Gasteiger partial charge on any atom is 0.219 e. The van der Waals surface area contributed by atoms with Crippen molar-refractivity contribution in [2.45, 2.75) is 6.92 Å². The van der Waals surface area contributed by atoms with Crippen molar-refractivity contribution in [3.8, 4) is 11.6 Å². The number of nitrogens with zero attached hydrogens (tertiary/aromatic N) is 2. The van der Waals surface area contributed by atoms with Crippen LogP contribution in [0.3, 0.4) is 0 Å². The zero-order valence-corrected chi connectivity index (χ0v) is 10.00. The molecule has 0 radical (unpaired) electrons. The molecule has 5 nitrogen and oxygen atoms in total. The molecule has 0 aliphatic rings. The third kappa shape index (κ3) is 3.21. The number of ether oxygens (including phenoxy) is 1. The summed E-state index contributed by atoms with van der Waals surface area (Å²) < 4.78 is 5.62. The van der Waals surface area contributed by atoms with E-state index in [2.05, 4.69) is 9.98 Å². The number of hydrogen-bond acceptors (Lipinski definition) is 3. The van der Waals surface area contributed by atoms with Crippen LogP contribution in [0, 0.1) is 6.92 Å². The van der Waals surface area contributed by atoms with Gasteiger partial charge in [-0.25, -0.2) is 9.98 Å². The standard InChI is InChI=1S/C13H14N4O/c1-9-5-6-16-12(7-9)18-11-4-2-3-10(8-11)17-13(14)15/h2-8H,1H3,(H4,14,15,17). The number of benzene rings is 1. The van der Waals surface area contributed by atoms with E-state index in [4.69, 9.17) is 16.2 Å². The van der Waals surface area contributed by atoms with Gasteiger partial charge in [0, 0.05) is 18.3 Å². The highest BCUT2D eigenvalue weighted by Crippen LogP contribution is 2.24. The van der Waals surface area contributed by atoms with Crippen LogP contribution in [0.1, 0.15) is 5.56 Å². The Morgan fingerprint density at radius 3 is 2.78 bits per heavy atom. The van der Waals surface area contributed by atoms with Gasteiger partial charge in [-0.2, -0.15) is 0 Å². The number of aryl methyl sites for hydroxylation is 1. The summed E-state index contributed by atoms with van der Waals surface area (Å²) >= 11 is 0. The van der Waals surface area contributed by atoms with Gasteiger partial charge in [0.1, 0.15) is 5.75 Å². The van der Waals surface area contributed by atoms with Crippen molar-refractivity contribution in [1.82, 2.24) is 4.98 Å². The lowest BCUT2D eigenvalue weighted by Gasteiger charge is -2.05. The maximum absolute atomic E-state index is 5.62. The highest BCUT2D eigenvalue weighted by atomic mass is 16.5. The van der Waals surface area contributed by atoms with Crippen LogP contribution in [0.25, 0.3) is 0 Å². The van der Waals surface area contributed by atoms with Gasteiger partial charge in [0.15, 0.2) is 5.96 Å². The zero-order valence-electron chi connectivity index (χ0n) is 10.00. The molecule has 0 atom stereocenters. The van der Waals surface area contributed by atoms with E-state index in [0.717, 1.165) is 5.56 Å². The van der Waals surface area contributed by atoms with E-state index in [1.807, 2.05) is 31.2 Å². The summed E-state index contributed by atoms with van der Waals surface area (Å²) in [5.41, 5.74) is 12.4. The largest absolute Gasteiger partial charge is 0.439 e. The second kappa shape index (κ2) is 5.18. The molecular weight excluding hydrogens is 228 g/mol. The summed E-state index contributed by atoms with van der Waals surface area (Å²) in [5, 5.41) is 0. The smallest absolute Gasteiger partial charge is 0.219 e. The number of hydrogen-bond donors (Lipinski definition) is 2. The Morgan fingerprint density at radius 1 is 1.22 bits per heavy atom. The molecule has 0 aliphatic heterocycles. The minimum atomic E-state index is 0.0147. The fraction of sp³-hybridized carbons (Fsp3) is 0.0769. The van der Waals surface area contributed by atoms with Gasteiger partial charge >= 0.3 is 0 Å². The Kier molecular flexibility index (Phi) is 3.43. The van der Waals surface area contributed by atoms with Crippen molar-refractivity contribution in [2.75, 3.05) is 0 Å². The van der Waals surface area contributed by atoms with Crippen LogP contribution in [0.2, 0.25) is 0 Å². The molecule has 0 fully saturated rings. The zero-order chi connectivity index (χ0) is 13.0. The van der Waals surface area contributed by atoms with Crippen LogP contribution in [0.5, 0.6) is 11.6 Å². The molecule has 0 amide bonds. The fourth-order valence-corrected chi connectivity index (χ4v) is 1.45. The van der Waals surface area contributed by atoms with Crippen molar-refractivity contribution in [1.29, 1.82) is 0 Å². The molecule has 0 spiro atoms. The summed E-state index contributed by atoms with van der Waals surface area (Å²) in [5.74, 6) is 1.19. The predicted molar refractivity (Wildman–Crippen MR) is 71.0 cm³/mol. The molecule has 4 N–H and O–H groups in total. The molecule has 1 aromatic heterocycles.